The van der Waals surface area contributed by atoms with Gasteiger partial charge in [0.25, 0.3) is 5.91 Å². The molecule has 2 heterocycles. The first-order chi connectivity index (χ1) is 16.0. The fourth-order valence-corrected chi connectivity index (χ4v) is 3.83. The topological polar surface area (TPSA) is 65.8 Å². The number of carbonyl (C=O) groups is 2. The van der Waals surface area contributed by atoms with Crippen molar-refractivity contribution in [3.05, 3.63) is 89.9 Å². The molecule has 1 aromatic heterocycles. The summed E-state index contributed by atoms with van der Waals surface area (Å²) in [6.45, 7) is 7.09. The third-order valence-electron chi connectivity index (χ3n) is 5.83. The van der Waals surface area contributed by atoms with Crippen molar-refractivity contribution in [2.75, 3.05) is 36.4 Å². The van der Waals surface area contributed by atoms with Gasteiger partial charge in [0.1, 0.15) is 0 Å². The molecule has 1 aliphatic heterocycles. The second kappa shape index (κ2) is 10.2. The van der Waals surface area contributed by atoms with Crippen molar-refractivity contribution in [2.45, 2.75) is 19.8 Å². The smallest absolute Gasteiger partial charge is 0.289 e. The number of benzene rings is 2. The van der Waals surface area contributed by atoms with Gasteiger partial charge in [-0.2, -0.15) is 0 Å². The highest BCUT2D eigenvalue weighted by Crippen LogP contribution is 2.21. The number of rotatable bonds is 6. The molecule has 170 valence electrons. The predicted molar refractivity (Wildman–Crippen MR) is 131 cm³/mol. The average Bonchev–Trinajstić information content (AvgIpc) is 3.38. The molecule has 2 amide bonds. The number of anilines is 2. The van der Waals surface area contributed by atoms with E-state index in [0.717, 1.165) is 30.0 Å². The van der Waals surface area contributed by atoms with Crippen LogP contribution in [0.1, 0.15) is 41.4 Å². The third kappa shape index (κ3) is 5.71. The van der Waals surface area contributed by atoms with Gasteiger partial charge < -0.3 is 19.5 Å². The van der Waals surface area contributed by atoms with Crippen LogP contribution in [0.25, 0.3) is 6.08 Å². The minimum atomic E-state index is -0.166. The number of nitrogens with zero attached hydrogens (tertiary/aromatic N) is 2. The van der Waals surface area contributed by atoms with Gasteiger partial charge in [0.2, 0.25) is 5.91 Å². The summed E-state index contributed by atoms with van der Waals surface area (Å²) in [6.07, 6.45) is 4.88. The number of hydrogen-bond acceptors (Lipinski definition) is 4. The SMILES string of the molecule is CC(C)c1ccc(/C=C/C(=O)Nc2ccc(N3CCN(C(=O)c4ccco4)CC3)cc2)cc1. The molecule has 1 aliphatic rings. The Morgan fingerprint density at radius 3 is 2.24 bits per heavy atom. The van der Waals surface area contributed by atoms with Crippen molar-refractivity contribution < 1.29 is 14.0 Å². The maximum absolute atomic E-state index is 12.4. The Bertz CT molecular complexity index is 1090. The van der Waals surface area contributed by atoms with Gasteiger partial charge in [-0.25, -0.2) is 0 Å². The first kappa shape index (κ1) is 22.4. The average molecular weight is 444 g/mol. The number of piperazine rings is 1. The first-order valence-electron chi connectivity index (χ1n) is 11.3. The molecular weight excluding hydrogens is 414 g/mol. The van der Waals surface area contributed by atoms with Crippen LogP contribution in [0.3, 0.4) is 0 Å². The van der Waals surface area contributed by atoms with Crippen LogP contribution in [0.2, 0.25) is 0 Å². The van der Waals surface area contributed by atoms with Gasteiger partial charge in [0.05, 0.1) is 6.26 Å². The van der Waals surface area contributed by atoms with Crippen LogP contribution in [-0.4, -0.2) is 42.9 Å². The minimum absolute atomic E-state index is 0.0679. The van der Waals surface area contributed by atoms with Crippen molar-refractivity contribution in [3.63, 3.8) is 0 Å². The normalized spacial score (nSPS) is 14.2. The lowest BCUT2D eigenvalue weighted by molar-refractivity contribution is -0.111. The summed E-state index contributed by atoms with van der Waals surface area (Å²) in [7, 11) is 0. The molecule has 6 nitrogen and oxygen atoms in total. The molecule has 0 unspecified atom stereocenters. The maximum atomic E-state index is 12.4. The van der Waals surface area contributed by atoms with Crippen molar-refractivity contribution >= 4 is 29.3 Å². The number of nitrogens with one attached hydrogen (secondary N) is 1. The zero-order chi connectivity index (χ0) is 23.2. The lowest BCUT2D eigenvalue weighted by Crippen LogP contribution is -2.48. The molecule has 4 rings (SSSR count). The Morgan fingerprint density at radius 2 is 1.64 bits per heavy atom. The summed E-state index contributed by atoms with van der Waals surface area (Å²) in [4.78, 5) is 28.7. The van der Waals surface area contributed by atoms with Gasteiger partial charge in [-0.1, -0.05) is 38.1 Å². The summed E-state index contributed by atoms with van der Waals surface area (Å²) in [5.74, 6) is 0.634. The Hall–Kier alpha value is -3.80. The van der Waals surface area contributed by atoms with E-state index in [2.05, 4.69) is 36.2 Å². The van der Waals surface area contributed by atoms with E-state index in [0.29, 0.717) is 24.8 Å². The van der Waals surface area contributed by atoms with Crippen LogP contribution in [0, 0.1) is 0 Å². The van der Waals surface area contributed by atoms with Crippen LogP contribution in [0.5, 0.6) is 0 Å². The van der Waals surface area contributed by atoms with Crippen LogP contribution in [0.4, 0.5) is 11.4 Å². The Kier molecular flexibility index (Phi) is 6.93. The number of amides is 2. The second-order valence-corrected chi connectivity index (χ2v) is 8.45. The first-order valence-corrected chi connectivity index (χ1v) is 11.3. The summed E-state index contributed by atoms with van der Waals surface area (Å²) >= 11 is 0. The second-order valence-electron chi connectivity index (χ2n) is 8.45. The lowest BCUT2D eigenvalue weighted by atomic mass is 10.0. The molecule has 2 aromatic carbocycles. The molecule has 1 fully saturated rings. The van der Waals surface area contributed by atoms with Gasteiger partial charge in [-0.3, -0.25) is 9.59 Å². The third-order valence-corrected chi connectivity index (χ3v) is 5.83. The summed E-state index contributed by atoms with van der Waals surface area (Å²) in [6, 6.07) is 19.4. The van der Waals surface area contributed by atoms with E-state index in [4.69, 9.17) is 4.42 Å². The highest BCUT2D eigenvalue weighted by molar-refractivity contribution is 6.02. The molecule has 0 bridgehead atoms. The van der Waals surface area contributed by atoms with Crippen molar-refractivity contribution in [2.24, 2.45) is 0 Å². The number of hydrogen-bond donors (Lipinski definition) is 1. The van der Waals surface area contributed by atoms with E-state index < -0.39 is 0 Å². The van der Waals surface area contributed by atoms with Gasteiger partial charge in [-0.05, 0) is 59.5 Å². The van der Waals surface area contributed by atoms with E-state index in [9.17, 15) is 9.59 Å². The Labute approximate surface area is 194 Å². The zero-order valence-corrected chi connectivity index (χ0v) is 19.0. The molecule has 0 atom stereocenters. The van der Waals surface area contributed by atoms with Crippen LogP contribution in [0.15, 0.2) is 77.4 Å². The van der Waals surface area contributed by atoms with Crippen LogP contribution >= 0.6 is 0 Å². The van der Waals surface area contributed by atoms with Gasteiger partial charge >= 0.3 is 0 Å². The van der Waals surface area contributed by atoms with Crippen molar-refractivity contribution in [1.82, 2.24) is 4.90 Å². The van der Waals surface area contributed by atoms with Gasteiger partial charge in [-0.15, -0.1) is 0 Å². The monoisotopic (exact) mass is 443 g/mol. The van der Waals surface area contributed by atoms with Crippen molar-refractivity contribution in [1.29, 1.82) is 0 Å². The molecule has 0 spiro atoms. The molecule has 3 aromatic rings. The van der Waals surface area contributed by atoms with Gasteiger partial charge in [0, 0.05) is 43.6 Å². The summed E-state index contributed by atoms with van der Waals surface area (Å²) in [5, 5.41) is 2.90. The minimum Gasteiger partial charge on any atom is -0.459 e. The lowest BCUT2D eigenvalue weighted by Gasteiger charge is -2.35. The van der Waals surface area contributed by atoms with Gasteiger partial charge in [0.15, 0.2) is 5.76 Å². The summed E-state index contributed by atoms with van der Waals surface area (Å²) in [5.41, 5.74) is 4.09. The van der Waals surface area contributed by atoms with E-state index in [1.165, 1.54) is 11.8 Å². The van der Waals surface area contributed by atoms with E-state index in [1.807, 2.05) is 47.4 Å². The molecule has 0 radical (unpaired) electrons. The maximum Gasteiger partial charge on any atom is 0.289 e. The van der Waals surface area contributed by atoms with Crippen LogP contribution in [-0.2, 0) is 4.79 Å². The molecule has 1 N–H and O–H groups in total. The predicted octanol–water partition coefficient (Wildman–Crippen LogP) is 5.02. The zero-order valence-electron chi connectivity index (χ0n) is 19.0. The highest BCUT2D eigenvalue weighted by Gasteiger charge is 2.23. The van der Waals surface area contributed by atoms with Crippen molar-refractivity contribution in [3.8, 4) is 0 Å². The molecule has 33 heavy (non-hydrogen) atoms. The standard InChI is InChI=1S/C27H29N3O3/c1-20(2)22-8-5-21(6-9-22)7-14-26(31)28-23-10-12-24(13-11-23)29-15-17-30(18-16-29)27(32)25-4-3-19-33-25/h3-14,19-20H,15-18H2,1-2H3,(H,28,31)/b14-7+. The van der Waals surface area contributed by atoms with E-state index in [1.54, 1.807) is 18.2 Å². The highest BCUT2D eigenvalue weighted by atomic mass is 16.3. The molecule has 0 saturated carbocycles. The summed E-state index contributed by atoms with van der Waals surface area (Å²) < 4.78 is 5.22. The van der Waals surface area contributed by atoms with E-state index in [-0.39, 0.29) is 11.8 Å². The molecular formula is C27H29N3O3. The number of carbonyl (C=O) groups excluding carboxylic acids is 2. The fourth-order valence-electron chi connectivity index (χ4n) is 3.83. The van der Waals surface area contributed by atoms with E-state index >= 15 is 0 Å². The number of furan rings is 1. The largest absolute Gasteiger partial charge is 0.459 e. The Morgan fingerprint density at radius 1 is 0.939 bits per heavy atom. The molecule has 1 saturated heterocycles. The molecule has 0 aliphatic carbocycles. The Balaban J connectivity index is 1.27. The quantitative estimate of drug-likeness (QED) is 0.544. The van der Waals surface area contributed by atoms with Crippen LogP contribution < -0.4 is 10.2 Å². The molecule has 6 heteroatoms. The fraction of sp³-hybridized carbons (Fsp3) is 0.259.